The van der Waals surface area contributed by atoms with Gasteiger partial charge in [0.05, 0.1) is 5.69 Å². The number of halogens is 2. The largest absolute Gasteiger partial charge is 0.304 e. The molecule has 0 aromatic carbocycles. The molecule has 5 nitrogen and oxygen atoms in total. The van der Waals surface area contributed by atoms with Gasteiger partial charge in [-0.15, -0.1) is 0 Å². The number of aryl methyl sites for hydroxylation is 1. The van der Waals surface area contributed by atoms with E-state index in [2.05, 4.69) is 15.0 Å². The Labute approximate surface area is 128 Å². The van der Waals surface area contributed by atoms with Crippen LogP contribution in [0.3, 0.4) is 0 Å². The molecule has 1 N–H and O–H groups in total. The Kier molecular flexibility index (Phi) is 3.93. The van der Waals surface area contributed by atoms with Crippen LogP contribution in [0.4, 0.5) is 8.78 Å². The smallest absolute Gasteiger partial charge is 0.280 e. The van der Waals surface area contributed by atoms with Crippen molar-refractivity contribution in [3.63, 3.8) is 0 Å². The average molecular weight is 322 g/mol. The Balaban J connectivity index is 1.82. The standard InChI is InChI=1S/C14H12F2N4OS/c1-8-3-2-4-11-17-9(6-20(8)11)7-22-14-18-10(13(15)16)5-12(21)19-14/h2-6,13H,7H2,1H3,(H,18,19,21). The van der Waals surface area contributed by atoms with Gasteiger partial charge in [-0.2, -0.15) is 0 Å². The summed E-state index contributed by atoms with van der Waals surface area (Å²) in [6.07, 6.45) is -0.883. The van der Waals surface area contributed by atoms with Gasteiger partial charge in [0.25, 0.3) is 12.0 Å². The second-order valence-electron chi connectivity index (χ2n) is 4.69. The summed E-state index contributed by atoms with van der Waals surface area (Å²) in [7, 11) is 0. The van der Waals surface area contributed by atoms with Crippen LogP contribution in [0.2, 0.25) is 0 Å². The van der Waals surface area contributed by atoms with Crippen molar-refractivity contribution in [1.29, 1.82) is 0 Å². The molecule has 0 aliphatic carbocycles. The van der Waals surface area contributed by atoms with E-state index in [4.69, 9.17) is 0 Å². The normalized spacial score (nSPS) is 11.5. The SMILES string of the molecule is Cc1cccc2nc(CSc3nc(C(F)F)cc(=O)[nH]3)cn12. The van der Waals surface area contributed by atoms with Gasteiger partial charge in [-0.25, -0.2) is 18.7 Å². The number of fused-ring (bicyclic) bond motifs is 1. The highest BCUT2D eigenvalue weighted by atomic mass is 32.2. The second-order valence-corrected chi connectivity index (χ2v) is 5.66. The van der Waals surface area contributed by atoms with Crippen LogP contribution in [-0.4, -0.2) is 19.4 Å². The molecule has 0 saturated carbocycles. The van der Waals surface area contributed by atoms with Gasteiger partial charge in [-0.05, 0) is 19.1 Å². The van der Waals surface area contributed by atoms with E-state index < -0.39 is 17.7 Å². The third kappa shape index (κ3) is 3.01. The first-order valence-electron chi connectivity index (χ1n) is 6.49. The first-order valence-corrected chi connectivity index (χ1v) is 7.47. The maximum absolute atomic E-state index is 12.6. The monoisotopic (exact) mass is 322 g/mol. The lowest BCUT2D eigenvalue weighted by Crippen LogP contribution is -2.10. The van der Waals surface area contributed by atoms with E-state index in [1.54, 1.807) is 0 Å². The quantitative estimate of drug-likeness (QED) is 0.592. The lowest BCUT2D eigenvalue weighted by atomic mass is 10.4. The molecule has 3 aromatic rings. The van der Waals surface area contributed by atoms with E-state index in [9.17, 15) is 13.6 Å². The van der Waals surface area contributed by atoms with Crippen molar-refractivity contribution in [2.75, 3.05) is 0 Å². The number of thioether (sulfide) groups is 1. The van der Waals surface area contributed by atoms with Crippen LogP contribution >= 0.6 is 11.8 Å². The number of pyridine rings is 1. The molecule has 0 radical (unpaired) electrons. The first kappa shape index (κ1) is 14.7. The number of aromatic nitrogens is 4. The number of rotatable bonds is 4. The van der Waals surface area contributed by atoms with Crippen molar-refractivity contribution in [1.82, 2.24) is 19.4 Å². The van der Waals surface area contributed by atoms with Crippen LogP contribution < -0.4 is 5.56 Å². The van der Waals surface area contributed by atoms with Crippen LogP contribution in [0.5, 0.6) is 0 Å². The van der Waals surface area contributed by atoms with E-state index in [1.807, 2.05) is 35.7 Å². The number of hydrogen-bond acceptors (Lipinski definition) is 4. The fraction of sp³-hybridized carbons (Fsp3) is 0.214. The van der Waals surface area contributed by atoms with Gasteiger partial charge in [0.1, 0.15) is 11.3 Å². The van der Waals surface area contributed by atoms with Gasteiger partial charge in [-0.1, -0.05) is 17.8 Å². The molecule has 0 unspecified atom stereocenters. The highest BCUT2D eigenvalue weighted by Gasteiger charge is 2.12. The summed E-state index contributed by atoms with van der Waals surface area (Å²) in [5.74, 6) is 0.427. The Hall–Kier alpha value is -2.22. The molecule has 0 bridgehead atoms. The minimum absolute atomic E-state index is 0.163. The van der Waals surface area contributed by atoms with Crippen molar-refractivity contribution >= 4 is 17.4 Å². The fourth-order valence-electron chi connectivity index (χ4n) is 2.04. The molecule has 22 heavy (non-hydrogen) atoms. The summed E-state index contributed by atoms with van der Waals surface area (Å²) < 4.78 is 27.2. The van der Waals surface area contributed by atoms with Crippen molar-refractivity contribution in [2.24, 2.45) is 0 Å². The van der Waals surface area contributed by atoms with E-state index in [0.717, 1.165) is 34.9 Å². The van der Waals surface area contributed by atoms with Crippen molar-refractivity contribution < 1.29 is 8.78 Å². The zero-order valence-electron chi connectivity index (χ0n) is 11.6. The molecule has 0 aliphatic rings. The molecule has 3 rings (SSSR count). The van der Waals surface area contributed by atoms with Gasteiger partial charge >= 0.3 is 0 Å². The van der Waals surface area contributed by atoms with E-state index in [1.165, 1.54) is 0 Å². The average Bonchev–Trinajstić information content (AvgIpc) is 2.89. The molecular formula is C14H12F2N4OS. The van der Waals surface area contributed by atoms with Gasteiger partial charge in [-0.3, -0.25) is 4.79 Å². The topological polar surface area (TPSA) is 63.0 Å². The molecular weight excluding hydrogens is 310 g/mol. The zero-order chi connectivity index (χ0) is 15.7. The molecule has 114 valence electrons. The summed E-state index contributed by atoms with van der Waals surface area (Å²) in [5, 5.41) is 0.163. The minimum atomic E-state index is -2.76. The summed E-state index contributed by atoms with van der Waals surface area (Å²) in [4.78, 5) is 22.0. The molecule has 0 atom stereocenters. The summed E-state index contributed by atoms with van der Waals surface area (Å²) in [5.41, 5.74) is 1.55. The maximum Gasteiger partial charge on any atom is 0.280 e. The molecule has 3 aromatic heterocycles. The second kappa shape index (κ2) is 5.88. The van der Waals surface area contributed by atoms with E-state index in [-0.39, 0.29) is 5.16 Å². The Morgan fingerprint density at radius 1 is 1.36 bits per heavy atom. The Bertz CT molecular complexity index is 875. The molecule has 0 aliphatic heterocycles. The fourth-order valence-corrected chi connectivity index (χ4v) is 2.81. The number of H-pyrrole nitrogens is 1. The number of aromatic amines is 1. The zero-order valence-corrected chi connectivity index (χ0v) is 12.4. The number of nitrogens with one attached hydrogen (secondary N) is 1. The van der Waals surface area contributed by atoms with Crippen molar-refractivity contribution in [3.05, 3.63) is 57.9 Å². The molecule has 8 heteroatoms. The third-order valence-corrected chi connectivity index (χ3v) is 3.97. The first-order chi connectivity index (χ1) is 10.5. The van der Waals surface area contributed by atoms with E-state index >= 15 is 0 Å². The number of imidazole rings is 1. The highest BCUT2D eigenvalue weighted by molar-refractivity contribution is 7.98. The molecule has 3 heterocycles. The number of hydrogen-bond donors (Lipinski definition) is 1. The van der Waals surface area contributed by atoms with Gasteiger partial charge in [0.2, 0.25) is 0 Å². The Morgan fingerprint density at radius 3 is 2.91 bits per heavy atom. The third-order valence-electron chi connectivity index (χ3n) is 3.07. The summed E-state index contributed by atoms with van der Waals surface area (Å²) in [6.45, 7) is 1.97. The van der Waals surface area contributed by atoms with Crippen LogP contribution in [0.25, 0.3) is 5.65 Å². The molecule has 0 fully saturated rings. The lowest BCUT2D eigenvalue weighted by Gasteiger charge is -2.02. The van der Waals surface area contributed by atoms with Crippen LogP contribution in [-0.2, 0) is 5.75 Å². The number of alkyl halides is 2. The van der Waals surface area contributed by atoms with Crippen molar-refractivity contribution in [3.8, 4) is 0 Å². The lowest BCUT2D eigenvalue weighted by molar-refractivity contribution is 0.145. The van der Waals surface area contributed by atoms with Gasteiger partial charge in [0, 0.05) is 23.7 Å². The predicted molar refractivity (Wildman–Crippen MR) is 79.3 cm³/mol. The predicted octanol–water partition coefficient (Wildman–Crippen LogP) is 2.96. The van der Waals surface area contributed by atoms with Crippen LogP contribution in [0.15, 0.2) is 40.4 Å². The summed E-state index contributed by atoms with van der Waals surface area (Å²) in [6, 6.07) is 6.58. The Morgan fingerprint density at radius 2 is 2.18 bits per heavy atom. The van der Waals surface area contributed by atoms with Crippen LogP contribution in [0, 0.1) is 6.92 Å². The van der Waals surface area contributed by atoms with E-state index in [0.29, 0.717) is 5.75 Å². The van der Waals surface area contributed by atoms with Gasteiger partial charge < -0.3 is 9.38 Å². The molecule has 0 saturated heterocycles. The summed E-state index contributed by atoms with van der Waals surface area (Å²) >= 11 is 1.16. The number of nitrogens with zero attached hydrogens (tertiary/aromatic N) is 3. The highest BCUT2D eigenvalue weighted by Crippen LogP contribution is 2.21. The van der Waals surface area contributed by atoms with Gasteiger partial charge in [0.15, 0.2) is 5.16 Å². The van der Waals surface area contributed by atoms with Crippen LogP contribution in [0.1, 0.15) is 23.5 Å². The maximum atomic E-state index is 12.6. The minimum Gasteiger partial charge on any atom is -0.304 e. The molecule has 0 amide bonds. The van der Waals surface area contributed by atoms with Crippen molar-refractivity contribution in [2.45, 2.75) is 24.3 Å². The molecule has 0 spiro atoms.